The Morgan fingerprint density at radius 3 is 3.00 bits per heavy atom. The molecule has 12 heavy (non-hydrogen) atoms. The summed E-state index contributed by atoms with van der Waals surface area (Å²) in [7, 11) is 0. The average molecular weight is 173 g/mol. The second kappa shape index (κ2) is 4.43. The summed E-state index contributed by atoms with van der Waals surface area (Å²) in [4.78, 5) is 13.0. The van der Waals surface area contributed by atoms with E-state index in [2.05, 4.69) is 6.92 Å². The molecule has 1 saturated heterocycles. The molecule has 0 radical (unpaired) electrons. The van der Waals surface area contributed by atoms with Crippen molar-refractivity contribution in [2.75, 3.05) is 19.8 Å². The monoisotopic (exact) mass is 173 g/mol. The zero-order chi connectivity index (χ0) is 8.97. The normalized spacial score (nSPS) is 24.2. The molecule has 1 heterocycles. The molecule has 0 N–H and O–H groups in total. The van der Waals surface area contributed by atoms with E-state index in [-0.39, 0.29) is 12.3 Å². The van der Waals surface area contributed by atoms with Gasteiger partial charge < -0.3 is 4.90 Å². The third-order valence-electron chi connectivity index (χ3n) is 2.32. The van der Waals surface area contributed by atoms with E-state index in [4.69, 9.17) is 0 Å². The number of likely N-dealkylation sites (tertiary alicyclic amines) is 1. The molecular weight excluding hydrogens is 157 g/mol. The van der Waals surface area contributed by atoms with Crippen molar-refractivity contribution < 1.29 is 9.18 Å². The van der Waals surface area contributed by atoms with Gasteiger partial charge in [0, 0.05) is 13.1 Å². The van der Waals surface area contributed by atoms with Gasteiger partial charge in [0.1, 0.15) is 0 Å². The average Bonchev–Trinajstić information content (AvgIpc) is 2.05. The van der Waals surface area contributed by atoms with E-state index >= 15 is 0 Å². The molecule has 0 aromatic heterocycles. The van der Waals surface area contributed by atoms with Gasteiger partial charge in [-0.05, 0) is 18.8 Å². The first-order valence-electron chi connectivity index (χ1n) is 4.57. The zero-order valence-electron chi connectivity index (χ0n) is 7.55. The molecule has 2 nitrogen and oxygen atoms in total. The maximum absolute atomic E-state index is 11.8. The summed E-state index contributed by atoms with van der Waals surface area (Å²) in [6.07, 6.45) is 2.32. The minimum absolute atomic E-state index is 0.0240. The van der Waals surface area contributed by atoms with E-state index in [1.807, 2.05) is 0 Å². The fourth-order valence-electron chi connectivity index (χ4n) is 1.65. The summed E-state index contributed by atoms with van der Waals surface area (Å²) in [5.74, 6) is 0.561. The highest BCUT2D eigenvalue weighted by atomic mass is 19.1. The molecule has 0 saturated carbocycles. The largest absolute Gasteiger partial charge is 0.342 e. The van der Waals surface area contributed by atoms with Gasteiger partial charge in [0.05, 0.1) is 13.1 Å². The van der Waals surface area contributed by atoms with Crippen LogP contribution in [0.3, 0.4) is 0 Å². The number of rotatable bonds is 2. The first-order valence-corrected chi connectivity index (χ1v) is 4.57. The number of nitrogens with zero attached hydrogens (tertiary/aromatic N) is 1. The molecular formula is C9H16FNO. The molecule has 1 aliphatic heterocycles. The van der Waals surface area contributed by atoms with Crippen molar-refractivity contribution in [3.8, 4) is 0 Å². The van der Waals surface area contributed by atoms with Crippen molar-refractivity contribution in [2.45, 2.75) is 26.2 Å². The van der Waals surface area contributed by atoms with Crippen molar-refractivity contribution in [3.63, 3.8) is 0 Å². The molecule has 0 spiro atoms. The highest BCUT2D eigenvalue weighted by Gasteiger charge is 2.19. The van der Waals surface area contributed by atoms with E-state index in [0.717, 1.165) is 19.5 Å². The van der Waals surface area contributed by atoms with Gasteiger partial charge >= 0.3 is 0 Å². The van der Waals surface area contributed by atoms with Crippen molar-refractivity contribution >= 4 is 5.91 Å². The maximum atomic E-state index is 11.8. The van der Waals surface area contributed by atoms with Crippen molar-refractivity contribution in [2.24, 2.45) is 5.92 Å². The van der Waals surface area contributed by atoms with Crippen LogP contribution in [0, 0.1) is 5.92 Å². The van der Waals surface area contributed by atoms with Gasteiger partial charge in [-0.3, -0.25) is 9.18 Å². The van der Waals surface area contributed by atoms with Crippen molar-refractivity contribution in [3.05, 3.63) is 0 Å². The first-order chi connectivity index (χ1) is 5.74. The number of hydrogen-bond donors (Lipinski definition) is 0. The summed E-state index contributed by atoms with van der Waals surface area (Å²) in [5, 5.41) is 0. The predicted octanol–water partition coefficient (Wildman–Crippen LogP) is 1.60. The molecule has 1 fully saturated rings. The molecule has 1 aliphatic rings. The summed E-state index contributed by atoms with van der Waals surface area (Å²) in [6, 6.07) is 0. The Hall–Kier alpha value is -0.600. The summed E-state index contributed by atoms with van der Waals surface area (Å²) >= 11 is 0. The minimum atomic E-state index is -0.524. The van der Waals surface area contributed by atoms with E-state index < -0.39 is 6.67 Å². The lowest BCUT2D eigenvalue weighted by Gasteiger charge is -2.30. The summed E-state index contributed by atoms with van der Waals surface area (Å²) < 4.78 is 11.8. The van der Waals surface area contributed by atoms with E-state index in [1.165, 1.54) is 6.42 Å². The van der Waals surface area contributed by atoms with Gasteiger partial charge in [-0.15, -0.1) is 0 Å². The quantitative estimate of drug-likeness (QED) is 0.621. The molecule has 0 aliphatic carbocycles. The van der Waals surface area contributed by atoms with Gasteiger partial charge in [0.25, 0.3) is 0 Å². The third-order valence-corrected chi connectivity index (χ3v) is 2.32. The van der Waals surface area contributed by atoms with Crippen LogP contribution in [0.25, 0.3) is 0 Å². The lowest BCUT2D eigenvalue weighted by atomic mass is 10.0. The molecule has 1 rings (SSSR count). The first kappa shape index (κ1) is 9.49. The van der Waals surface area contributed by atoms with Gasteiger partial charge in [-0.2, -0.15) is 0 Å². The third kappa shape index (κ3) is 2.47. The standard InChI is InChI=1S/C9H16FNO/c1-8-3-2-6-11(7-8)9(12)4-5-10/h8H,2-7H2,1H3. The lowest BCUT2D eigenvalue weighted by Crippen LogP contribution is -2.39. The number of piperidine rings is 1. The predicted molar refractivity (Wildman–Crippen MR) is 45.6 cm³/mol. The Balaban J connectivity index is 2.35. The fourth-order valence-corrected chi connectivity index (χ4v) is 1.65. The Bertz CT molecular complexity index is 161. The Morgan fingerprint density at radius 2 is 2.42 bits per heavy atom. The van der Waals surface area contributed by atoms with E-state index in [9.17, 15) is 9.18 Å². The fraction of sp³-hybridized carbons (Fsp3) is 0.889. The van der Waals surface area contributed by atoms with Crippen LogP contribution in [-0.2, 0) is 4.79 Å². The second-order valence-corrected chi connectivity index (χ2v) is 3.53. The Labute approximate surface area is 72.7 Å². The molecule has 1 atom stereocenters. The summed E-state index contributed by atoms with van der Waals surface area (Å²) in [5.41, 5.74) is 0. The highest BCUT2D eigenvalue weighted by molar-refractivity contribution is 5.76. The van der Waals surface area contributed by atoms with Crippen LogP contribution in [0.4, 0.5) is 4.39 Å². The van der Waals surface area contributed by atoms with Gasteiger partial charge in [0.15, 0.2) is 0 Å². The van der Waals surface area contributed by atoms with Gasteiger partial charge in [-0.25, -0.2) is 0 Å². The summed E-state index contributed by atoms with van der Waals surface area (Å²) in [6.45, 7) is 3.25. The zero-order valence-corrected chi connectivity index (χ0v) is 7.55. The van der Waals surface area contributed by atoms with Gasteiger partial charge in [-0.1, -0.05) is 6.92 Å². The minimum Gasteiger partial charge on any atom is -0.342 e. The number of carbonyl (C=O) groups is 1. The Kier molecular flexibility index (Phi) is 3.50. The van der Waals surface area contributed by atoms with Crippen LogP contribution in [0.1, 0.15) is 26.2 Å². The van der Waals surface area contributed by atoms with Gasteiger partial charge in [0.2, 0.25) is 5.91 Å². The number of carbonyl (C=O) groups excluding carboxylic acids is 1. The van der Waals surface area contributed by atoms with Crippen LogP contribution >= 0.6 is 0 Å². The topological polar surface area (TPSA) is 20.3 Å². The lowest BCUT2D eigenvalue weighted by molar-refractivity contribution is -0.133. The van der Waals surface area contributed by atoms with E-state index in [0.29, 0.717) is 5.92 Å². The Morgan fingerprint density at radius 1 is 1.67 bits per heavy atom. The number of alkyl halides is 1. The molecule has 0 aromatic carbocycles. The maximum Gasteiger partial charge on any atom is 0.225 e. The molecule has 0 bridgehead atoms. The van der Waals surface area contributed by atoms with Crippen LogP contribution in [0.2, 0.25) is 0 Å². The number of amides is 1. The van der Waals surface area contributed by atoms with Crippen LogP contribution in [0.5, 0.6) is 0 Å². The SMILES string of the molecule is CC1CCCN(C(=O)CCF)C1. The van der Waals surface area contributed by atoms with Crippen molar-refractivity contribution in [1.29, 1.82) is 0 Å². The number of halogens is 1. The van der Waals surface area contributed by atoms with Crippen LogP contribution in [0.15, 0.2) is 0 Å². The number of hydrogen-bond acceptors (Lipinski definition) is 1. The molecule has 1 unspecified atom stereocenters. The van der Waals surface area contributed by atoms with Crippen LogP contribution < -0.4 is 0 Å². The molecule has 70 valence electrons. The molecule has 1 amide bonds. The second-order valence-electron chi connectivity index (χ2n) is 3.53. The van der Waals surface area contributed by atoms with Crippen molar-refractivity contribution in [1.82, 2.24) is 4.90 Å². The van der Waals surface area contributed by atoms with E-state index in [1.54, 1.807) is 4.90 Å². The molecule has 0 aromatic rings. The smallest absolute Gasteiger partial charge is 0.225 e. The molecule has 3 heteroatoms. The highest BCUT2D eigenvalue weighted by Crippen LogP contribution is 2.15. The van der Waals surface area contributed by atoms with Crippen LogP contribution in [-0.4, -0.2) is 30.6 Å².